The second kappa shape index (κ2) is 9.00. The molecule has 3 aromatic rings. The Bertz CT molecular complexity index is 1120. The molecule has 1 fully saturated rings. The Morgan fingerprint density at radius 3 is 2.50 bits per heavy atom. The molecule has 0 bridgehead atoms. The Hall–Kier alpha value is -2.76. The first-order valence-electron chi connectivity index (χ1n) is 9.86. The van der Waals surface area contributed by atoms with Crippen LogP contribution in [0, 0.1) is 6.92 Å². The molecule has 3 heterocycles. The average molecular weight is 466 g/mol. The summed E-state index contributed by atoms with van der Waals surface area (Å²) < 4.78 is 46.0. The smallest absolute Gasteiger partial charge is 0.446 e. The van der Waals surface area contributed by atoms with Gasteiger partial charge in [-0.1, -0.05) is 0 Å². The molecular formula is C21H21F3N4O3S. The van der Waals surface area contributed by atoms with Crippen LogP contribution in [-0.4, -0.2) is 50.5 Å². The van der Waals surface area contributed by atoms with E-state index in [9.17, 15) is 23.1 Å². The van der Waals surface area contributed by atoms with Crippen molar-refractivity contribution in [3.63, 3.8) is 0 Å². The quantitative estimate of drug-likeness (QED) is 0.562. The van der Waals surface area contributed by atoms with Crippen molar-refractivity contribution < 1.29 is 23.0 Å². The number of hydrogen-bond acceptors (Lipinski definition) is 6. The molecule has 0 aliphatic carbocycles. The zero-order valence-corrected chi connectivity index (χ0v) is 17.9. The number of halogens is 3. The van der Waals surface area contributed by atoms with Gasteiger partial charge in [0, 0.05) is 23.8 Å². The molecule has 2 unspecified atom stereocenters. The standard InChI is InChI=1S/C21H21F3N4O3S/c1-13-19(29)28(15-2-4-16(5-3-15)32-21(22,23)24)20(30)27(13)18(14-6-8-25-9-7-14)17-12-31-11-10-26-17/h2-9,17-18,26,29H,10-12H2,1H3. The largest absolute Gasteiger partial charge is 0.493 e. The van der Waals surface area contributed by atoms with E-state index in [-0.39, 0.29) is 34.3 Å². The van der Waals surface area contributed by atoms with Crippen LogP contribution in [0.2, 0.25) is 0 Å². The van der Waals surface area contributed by atoms with Crippen LogP contribution in [0.3, 0.4) is 0 Å². The number of pyridine rings is 1. The van der Waals surface area contributed by atoms with Crippen LogP contribution >= 0.6 is 11.8 Å². The molecule has 32 heavy (non-hydrogen) atoms. The third-order valence-electron chi connectivity index (χ3n) is 5.28. The van der Waals surface area contributed by atoms with Gasteiger partial charge in [-0.05, 0) is 60.6 Å². The summed E-state index contributed by atoms with van der Waals surface area (Å²) >= 11 is -0.241. The van der Waals surface area contributed by atoms with E-state index in [2.05, 4.69) is 10.3 Å². The fourth-order valence-electron chi connectivity index (χ4n) is 3.88. The molecule has 1 aliphatic rings. The van der Waals surface area contributed by atoms with E-state index >= 15 is 0 Å². The predicted octanol–water partition coefficient (Wildman–Crippen LogP) is 3.24. The van der Waals surface area contributed by atoms with Crippen LogP contribution in [-0.2, 0) is 4.74 Å². The van der Waals surface area contributed by atoms with E-state index in [1.807, 2.05) is 0 Å². The highest BCUT2D eigenvalue weighted by Crippen LogP contribution is 2.37. The van der Waals surface area contributed by atoms with E-state index in [1.54, 1.807) is 31.5 Å². The van der Waals surface area contributed by atoms with E-state index in [0.717, 1.165) is 10.1 Å². The maximum Gasteiger partial charge on any atom is 0.446 e. The maximum absolute atomic E-state index is 13.5. The second-order valence-electron chi connectivity index (χ2n) is 7.30. The number of thioether (sulfide) groups is 1. The molecule has 7 nitrogen and oxygen atoms in total. The number of nitrogens with zero attached hydrogens (tertiary/aromatic N) is 3. The summed E-state index contributed by atoms with van der Waals surface area (Å²) in [6.07, 6.45) is 3.25. The van der Waals surface area contributed by atoms with Crippen LogP contribution in [0.1, 0.15) is 17.3 Å². The van der Waals surface area contributed by atoms with Gasteiger partial charge in [-0.15, -0.1) is 0 Å². The van der Waals surface area contributed by atoms with E-state index in [4.69, 9.17) is 4.74 Å². The highest BCUT2D eigenvalue weighted by atomic mass is 32.2. The second-order valence-corrected chi connectivity index (χ2v) is 8.44. The minimum Gasteiger partial charge on any atom is -0.493 e. The van der Waals surface area contributed by atoms with Gasteiger partial charge < -0.3 is 15.2 Å². The molecule has 4 rings (SSSR count). The van der Waals surface area contributed by atoms with Crippen LogP contribution in [0.4, 0.5) is 13.2 Å². The summed E-state index contributed by atoms with van der Waals surface area (Å²) in [6, 6.07) is 8.16. The Kier molecular flexibility index (Phi) is 6.31. The van der Waals surface area contributed by atoms with E-state index in [0.29, 0.717) is 25.5 Å². The van der Waals surface area contributed by atoms with Crippen molar-refractivity contribution >= 4 is 11.8 Å². The molecule has 0 saturated carbocycles. The van der Waals surface area contributed by atoms with Crippen molar-refractivity contribution in [3.05, 3.63) is 70.5 Å². The Balaban J connectivity index is 1.78. The minimum atomic E-state index is -4.41. The Labute approximate surface area is 185 Å². The number of ether oxygens (including phenoxy) is 1. The number of imidazole rings is 1. The molecule has 2 aromatic heterocycles. The SMILES string of the molecule is Cc1c(O)n(-c2ccc(SC(F)(F)F)cc2)c(=O)n1C(c1ccncc1)C1COCCN1. The molecule has 1 aromatic carbocycles. The molecule has 11 heteroatoms. The molecule has 2 N–H and O–H groups in total. The van der Waals surface area contributed by atoms with Crippen LogP contribution in [0.15, 0.2) is 58.5 Å². The fraction of sp³-hybridized carbons (Fsp3) is 0.333. The first kappa shape index (κ1) is 22.4. The molecule has 0 amide bonds. The third kappa shape index (κ3) is 4.54. The zero-order valence-electron chi connectivity index (χ0n) is 17.0. The third-order valence-corrected chi connectivity index (χ3v) is 6.02. The highest BCUT2D eigenvalue weighted by molar-refractivity contribution is 8.00. The normalized spacial score (nSPS) is 17.9. The van der Waals surface area contributed by atoms with Gasteiger partial charge in [0.2, 0.25) is 5.88 Å². The van der Waals surface area contributed by atoms with E-state index in [1.165, 1.54) is 28.8 Å². The lowest BCUT2D eigenvalue weighted by molar-refractivity contribution is -0.0328. The number of benzene rings is 1. The molecule has 0 radical (unpaired) electrons. The van der Waals surface area contributed by atoms with Crippen molar-refractivity contribution in [1.29, 1.82) is 0 Å². The van der Waals surface area contributed by atoms with E-state index < -0.39 is 17.2 Å². The number of aromatic nitrogens is 3. The lowest BCUT2D eigenvalue weighted by Gasteiger charge is -2.32. The lowest BCUT2D eigenvalue weighted by atomic mass is 9.99. The number of aromatic hydroxyl groups is 1. The van der Waals surface area contributed by atoms with Gasteiger partial charge in [0.15, 0.2) is 0 Å². The van der Waals surface area contributed by atoms with Gasteiger partial charge in [0.25, 0.3) is 0 Å². The van der Waals surface area contributed by atoms with Gasteiger partial charge in [0.05, 0.1) is 36.7 Å². The van der Waals surface area contributed by atoms with Crippen molar-refractivity contribution in [2.45, 2.75) is 29.4 Å². The molecule has 2 atom stereocenters. The van der Waals surface area contributed by atoms with Crippen molar-refractivity contribution in [2.75, 3.05) is 19.8 Å². The minimum absolute atomic E-state index is 0.0110. The van der Waals surface area contributed by atoms with Gasteiger partial charge in [-0.3, -0.25) is 9.55 Å². The average Bonchev–Trinajstić information content (AvgIpc) is 2.99. The summed E-state index contributed by atoms with van der Waals surface area (Å²) in [6.45, 7) is 3.17. The summed E-state index contributed by atoms with van der Waals surface area (Å²) in [5.41, 5.74) is -3.51. The van der Waals surface area contributed by atoms with Crippen LogP contribution in [0.5, 0.6) is 5.88 Å². The summed E-state index contributed by atoms with van der Waals surface area (Å²) in [4.78, 5) is 17.5. The first-order chi connectivity index (χ1) is 15.3. The molecule has 1 saturated heterocycles. The maximum atomic E-state index is 13.5. The Morgan fingerprint density at radius 1 is 1.22 bits per heavy atom. The molecule has 170 valence electrons. The van der Waals surface area contributed by atoms with Crippen molar-refractivity contribution in [1.82, 2.24) is 19.4 Å². The van der Waals surface area contributed by atoms with Gasteiger partial charge in [-0.25, -0.2) is 9.36 Å². The van der Waals surface area contributed by atoms with Gasteiger partial charge >= 0.3 is 11.2 Å². The monoisotopic (exact) mass is 466 g/mol. The first-order valence-corrected chi connectivity index (χ1v) is 10.7. The van der Waals surface area contributed by atoms with Gasteiger partial charge in [0.1, 0.15) is 0 Å². The molecule has 0 spiro atoms. The number of alkyl halides is 3. The number of rotatable bonds is 5. The molecule has 1 aliphatic heterocycles. The number of morpholine rings is 1. The highest BCUT2D eigenvalue weighted by Gasteiger charge is 2.32. The molecular weight excluding hydrogens is 445 g/mol. The summed E-state index contributed by atoms with van der Waals surface area (Å²) in [5, 5.41) is 14.2. The predicted molar refractivity (Wildman–Crippen MR) is 113 cm³/mol. The number of nitrogens with one attached hydrogen (secondary N) is 1. The van der Waals surface area contributed by atoms with Crippen LogP contribution in [0.25, 0.3) is 5.69 Å². The van der Waals surface area contributed by atoms with Gasteiger partial charge in [-0.2, -0.15) is 13.2 Å². The number of hydrogen-bond donors (Lipinski definition) is 2. The Morgan fingerprint density at radius 2 is 1.91 bits per heavy atom. The fourth-order valence-corrected chi connectivity index (χ4v) is 4.42. The summed E-state index contributed by atoms with van der Waals surface area (Å²) in [7, 11) is 0. The van der Waals surface area contributed by atoms with Crippen molar-refractivity contribution in [3.8, 4) is 11.6 Å². The topological polar surface area (TPSA) is 81.3 Å². The zero-order chi connectivity index (χ0) is 22.9. The van der Waals surface area contributed by atoms with Crippen molar-refractivity contribution in [2.24, 2.45) is 0 Å². The lowest BCUT2D eigenvalue weighted by Crippen LogP contribution is -2.49. The van der Waals surface area contributed by atoms with Crippen LogP contribution < -0.4 is 11.0 Å². The summed E-state index contributed by atoms with van der Waals surface area (Å²) in [5.74, 6) is -0.276.